The molecule has 5 heteroatoms. The Kier molecular flexibility index (Phi) is 4.24. The van der Waals surface area contributed by atoms with Crippen molar-refractivity contribution in [2.45, 2.75) is 58.3 Å². The van der Waals surface area contributed by atoms with Crippen molar-refractivity contribution in [2.24, 2.45) is 5.92 Å². The van der Waals surface area contributed by atoms with E-state index in [0.29, 0.717) is 0 Å². The summed E-state index contributed by atoms with van der Waals surface area (Å²) in [5.74, 6) is 0.825. The molecule has 2 heterocycles. The maximum atomic E-state index is 12.7. The molecular weight excluding hydrogens is 324 g/mol. The van der Waals surface area contributed by atoms with Crippen LogP contribution in [-0.2, 0) is 25.7 Å². The lowest BCUT2D eigenvalue weighted by Gasteiger charge is -2.21. The third kappa shape index (κ3) is 2.96. The average Bonchev–Trinajstić information content (AvgIpc) is 3.17. The first kappa shape index (κ1) is 15.3. The van der Waals surface area contributed by atoms with Gasteiger partial charge in [0.15, 0.2) is 5.13 Å². The first-order valence-electron chi connectivity index (χ1n) is 8.63. The van der Waals surface area contributed by atoms with Crippen LogP contribution in [0.25, 0.3) is 0 Å². The van der Waals surface area contributed by atoms with E-state index in [1.165, 1.54) is 46.7 Å². The fraction of sp³-hybridized carbons (Fsp3) is 0.556. The number of nitrogens with one attached hydrogen (secondary N) is 1. The summed E-state index contributed by atoms with van der Waals surface area (Å²) < 4.78 is 0. The van der Waals surface area contributed by atoms with E-state index < -0.39 is 0 Å². The van der Waals surface area contributed by atoms with Crippen molar-refractivity contribution in [2.75, 3.05) is 5.32 Å². The van der Waals surface area contributed by atoms with Crippen LogP contribution in [0, 0.1) is 5.92 Å². The van der Waals surface area contributed by atoms with Crippen LogP contribution in [-0.4, -0.2) is 10.9 Å². The van der Waals surface area contributed by atoms with Crippen molar-refractivity contribution in [1.82, 2.24) is 4.98 Å². The van der Waals surface area contributed by atoms with Gasteiger partial charge in [-0.2, -0.15) is 0 Å². The van der Waals surface area contributed by atoms with Gasteiger partial charge in [0.1, 0.15) is 0 Å². The monoisotopic (exact) mass is 346 g/mol. The average molecular weight is 347 g/mol. The number of anilines is 1. The third-order valence-electron chi connectivity index (χ3n) is 5.15. The first-order valence-corrected chi connectivity index (χ1v) is 10.3. The number of carbonyl (C=O) groups is 1. The summed E-state index contributed by atoms with van der Waals surface area (Å²) in [6.07, 6.45) is 9.31. The Labute approximate surface area is 145 Å². The molecule has 0 aromatic carbocycles. The number of carbonyl (C=O) groups excluding carboxylic acids is 1. The number of nitrogens with zero attached hydrogens (tertiary/aromatic N) is 1. The topological polar surface area (TPSA) is 42.0 Å². The van der Waals surface area contributed by atoms with E-state index in [9.17, 15) is 4.79 Å². The molecule has 1 unspecified atom stereocenters. The van der Waals surface area contributed by atoms with Gasteiger partial charge in [-0.1, -0.05) is 13.3 Å². The second kappa shape index (κ2) is 6.36. The highest BCUT2D eigenvalue weighted by Crippen LogP contribution is 2.35. The van der Waals surface area contributed by atoms with Crippen molar-refractivity contribution in [3.8, 4) is 0 Å². The van der Waals surface area contributed by atoms with Crippen molar-refractivity contribution in [3.05, 3.63) is 32.0 Å². The predicted octanol–water partition coefficient (Wildman–Crippen LogP) is 4.85. The molecule has 1 atom stereocenters. The van der Waals surface area contributed by atoms with Crippen LogP contribution in [0.5, 0.6) is 0 Å². The zero-order valence-electron chi connectivity index (χ0n) is 13.5. The van der Waals surface area contributed by atoms with Crippen LogP contribution in [0.1, 0.15) is 64.0 Å². The molecule has 0 saturated heterocycles. The van der Waals surface area contributed by atoms with Gasteiger partial charge < -0.3 is 0 Å². The zero-order valence-corrected chi connectivity index (χ0v) is 15.1. The van der Waals surface area contributed by atoms with Crippen molar-refractivity contribution < 1.29 is 4.79 Å². The lowest BCUT2D eigenvalue weighted by molar-refractivity contribution is 0.102. The number of fused-ring (bicyclic) bond motifs is 2. The highest BCUT2D eigenvalue weighted by atomic mass is 32.1. The number of rotatable bonds is 3. The van der Waals surface area contributed by atoms with Gasteiger partial charge in [0.05, 0.1) is 11.3 Å². The standard InChI is InChI=1S/C18H22N2OS2/c1-2-11-7-8-12-13(10-22-16(12)9-11)17(21)20-18-19-14-5-3-4-6-15(14)23-18/h10-11H,2-9H2,1H3,(H,19,20,21). The van der Waals surface area contributed by atoms with Crippen molar-refractivity contribution >= 4 is 33.7 Å². The number of thiazole rings is 1. The fourth-order valence-corrected chi connectivity index (χ4v) is 5.93. The second-order valence-electron chi connectivity index (χ2n) is 6.62. The van der Waals surface area contributed by atoms with Crippen LogP contribution in [0.3, 0.4) is 0 Å². The van der Waals surface area contributed by atoms with Gasteiger partial charge >= 0.3 is 0 Å². The van der Waals surface area contributed by atoms with Crippen LogP contribution < -0.4 is 5.32 Å². The summed E-state index contributed by atoms with van der Waals surface area (Å²) in [5, 5.41) is 5.88. The minimum Gasteiger partial charge on any atom is -0.298 e. The molecule has 0 aliphatic heterocycles. The van der Waals surface area contributed by atoms with E-state index in [1.54, 1.807) is 22.7 Å². The number of aryl methyl sites for hydroxylation is 2. The quantitative estimate of drug-likeness (QED) is 0.863. The Bertz CT molecular complexity index is 708. The molecule has 122 valence electrons. The largest absolute Gasteiger partial charge is 0.298 e. The number of amides is 1. The molecule has 3 nitrogen and oxygen atoms in total. The van der Waals surface area contributed by atoms with Crippen LogP contribution >= 0.6 is 22.7 Å². The molecule has 0 spiro atoms. The van der Waals surface area contributed by atoms with Gasteiger partial charge in [-0.3, -0.25) is 10.1 Å². The Morgan fingerprint density at radius 2 is 2.17 bits per heavy atom. The molecule has 0 saturated carbocycles. The number of hydrogen-bond acceptors (Lipinski definition) is 4. The number of hydrogen-bond donors (Lipinski definition) is 1. The molecule has 4 rings (SSSR count). The summed E-state index contributed by atoms with van der Waals surface area (Å²) in [6.45, 7) is 2.27. The molecule has 2 aliphatic rings. The molecule has 2 aromatic rings. The van der Waals surface area contributed by atoms with E-state index in [2.05, 4.69) is 17.2 Å². The lowest BCUT2D eigenvalue weighted by atomic mass is 9.86. The van der Waals surface area contributed by atoms with Crippen molar-refractivity contribution in [3.63, 3.8) is 0 Å². The maximum Gasteiger partial charge on any atom is 0.258 e. The van der Waals surface area contributed by atoms with Gasteiger partial charge in [-0.25, -0.2) is 4.98 Å². The maximum absolute atomic E-state index is 12.7. The lowest BCUT2D eigenvalue weighted by Crippen LogP contribution is -2.17. The highest BCUT2D eigenvalue weighted by molar-refractivity contribution is 7.16. The summed E-state index contributed by atoms with van der Waals surface area (Å²) in [6, 6.07) is 0. The van der Waals surface area contributed by atoms with E-state index in [-0.39, 0.29) is 5.91 Å². The van der Waals surface area contributed by atoms with E-state index in [1.807, 2.05) is 5.38 Å². The van der Waals surface area contributed by atoms with E-state index in [4.69, 9.17) is 0 Å². The molecule has 2 aromatic heterocycles. The molecule has 0 radical (unpaired) electrons. The minimum absolute atomic E-state index is 0.0311. The van der Waals surface area contributed by atoms with Gasteiger partial charge in [0, 0.05) is 15.1 Å². The highest BCUT2D eigenvalue weighted by Gasteiger charge is 2.25. The van der Waals surface area contributed by atoms with Gasteiger partial charge in [-0.15, -0.1) is 22.7 Å². The third-order valence-corrected chi connectivity index (χ3v) is 7.27. The molecule has 1 amide bonds. The fourth-order valence-electron chi connectivity index (χ4n) is 3.69. The van der Waals surface area contributed by atoms with Crippen LogP contribution in [0.15, 0.2) is 5.38 Å². The molecule has 0 fully saturated rings. The van der Waals surface area contributed by atoms with Crippen molar-refractivity contribution in [1.29, 1.82) is 0 Å². The summed E-state index contributed by atoms with van der Waals surface area (Å²) in [5.41, 5.74) is 3.38. The van der Waals surface area contributed by atoms with Gasteiger partial charge in [0.25, 0.3) is 5.91 Å². The molecule has 2 aliphatic carbocycles. The molecule has 1 N–H and O–H groups in total. The Morgan fingerprint density at radius 1 is 1.30 bits per heavy atom. The normalized spacial score (nSPS) is 20.0. The van der Waals surface area contributed by atoms with E-state index >= 15 is 0 Å². The Hall–Kier alpha value is -1.20. The molecule has 23 heavy (non-hydrogen) atoms. The Morgan fingerprint density at radius 3 is 3.00 bits per heavy atom. The van der Waals surface area contributed by atoms with Gasteiger partial charge in [0.2, 0.25) is 0 Å². The zero-order chi connectivity index (χ0) is 15.8. The minimum atomic E-state index is 0.0311. The smallest absolute Gasteiger partial charge is 0.258 e. The summed E-state index contributed by atoms with van der Waals surface area (Å²) in [4.78, 5) is 20.1. The number of aromatic nitrogens is 1. The molecular formula is C18H22N2OS2. The second-order valence-corrected chi connectivity index (χ2v) is 8.67. The summed E-state index contributed by atoms with van der Waals surface area (Å²) in [7, 11) is 0. The molecule has 0 bridgehead atoms. The number of thiophene rings is 1. The predicted molar refractivity (Wildman–Crippen MR) is 96.8 cm³/mol. The van der Waals surface area contributed by atoms with Crippen LogP contribution in [0.2, 0.25) is 0 Å². The Balaban J connectivity index is 1.52. The van der Waals surface area contributed by atoms with Crippen LogP contribution in [0.4, 0.5) is 5.13 Å². The van der Waals surface area contributed by atoms with Gasteiger partial charge in [-0.05, 0) is 56.4 Å². The SMILES string of the molecule is CCC1CCc2c(C(=O)Nc3nc4c(s3)CCCC4)csc2C1. The summed E-state index contributed by atoms with van der Waals surface area (Å²) >= 11 is 3.42. The first-order chi connectivity index (χ1) is 11.2. The van der Waals surface area contributed by atoms with E-state index in [0.717, 1.165) is 42.3 Å².